The van der Waals surface area contributed by atoms with Crippen LogP contribution in [0.1, 0.15) is 34.2 Å². The van der Waals surface area contributed by atoms with Gasteiger partial charge in [-0.3, -0.25) is 9.20 Å². The number of aryl methyl sites for hydroxylation is 2. The number of amides is 1. The number of hydrogen-bond donors (Lipinski definition) is 1. The molecule has 0 aliphatic rings. The van der Waals surface area contributed by atoms with Gasteiger partial charge >= 0.3 is 0 Å². The van der Waals surface area contributed by atoms with E-state index in [0.29, 0.717) is 29.3 Å². The van der Waals surface area contributed by atoms with Crippen LogP contribution in [0.3, 0.4) is 0 Å². The molecule has 118 valence electrons. The predicted octanol–water partition coefficient (Wildman–Crippen LogP) is 3.79. The molecule has 0 fully saturated rings. The summed E-state index contributed by atoms with van der Waals surface area (Å²) in [5.41, 5.74) is 4.31. The molecule has 0 saturated carbocycles. The highest BCUT2D eigenvalue weighted by Gasteiger charge is 2.18. The maximum atomic E-state index is 12.6. The number of carbonyl (C=O) groups excluding carboxylic acids is 1. The van der Waals surface area contributed by atoms with E-state index in [-0.39, 0.29) is 5.91 Å². The van der Waals surface area contributed by atoms with Gasteiger partial charge < -0.3 is 5.32 Å². The van der Waals surface area contributed by atoms with Gasteiger partial charge in [-0.1, -0.05) is 48.4 Å². The smallest absolute Gasteiger partial charge is 0.270 e. The lowest BCUT2D eigenvalue weighted by Crippen LogP contribution is -2.25. The van der Waals surface area contributed by atoms with Gasteiger partial charge in [-0.2, -0.15) is 0 Å². The number of halogens is 1. The second-order valence-electron chi connectivity index (χ2n) is 5.50. The molecular formula is C18H18ClN3O. The molecule has 3 aromatic rings. The van der Waals surface area contributed by atoms with E-state index in [4.69, 9.17) is 11.6 Å². The van der Waals surface area contributed by atoms with Crippen molar-refractivity contribution in [2.24, 2.45) is 0 Å². The molecule has 5 heteroatoms. The quantitative estimate of drug-likeness (QED) is 0.792. The van der Waals surface area contributed by atoms with Crippen LogP contribution in [-0.2, 0) is 13.0 Å². The highest BCUT2D eigenvalue weighted by molar-refractivity contribution is 6.30. The monoisotopic (exact) mass is 327 g/mol. The molecule has 0 unspecified atom stereocenters. The molecule has 1 N–H and O–H groups in total. The molecule has 0 saturated heterocycles. The van der Waals surface area contributed by atoms with Gasteiger partial charge in [0.1, 0.15) is 11.3 Å². The average molecular weight is 328 g/mol. The van der Waals surface area contributed by atoms with Gasteiger partial charge in [0.15, 0.2) is 0 Å². The molecule has 2 heterocycles. The molecule has 0 atom stereocenters. The fourth-order valence-corrected chi connectivity index (χ4v) is 2.68. The zero-order chi connectivity index (χ0) is 16.4. The van der Waals surface area contributed by atoms with Crippen LogP contribution in [0.2, 0.25) is 5.02 Å². The molecule has 0 spiro atoms. The second-order valence-corrected chi connectivity index (χ2v) is 5.94. The lowest BCUT2D eigenvalue weighted by Gasteiger charge is -2.07. The van der Waals surface area contributed by atoms with Gasteiger partial charge in [-0.25, -0.2) is 4.98 Å². The Morgan fingerprint density at radius 1 is 1.26 bits per heavy atom. The van der Waals surface area contributed by atoms with E-state index < -0.39 is 0 Å². The van der Waals surface area contributed by atoms with Crippen LogP contribution < -0.4 is 5.32 Å². The number of carbonyl (C=O) groups is 1. The first-order valence-corrected chi connectivity index (χ1v) is 7.96. The number of aromatic nitrogens is 2. The van der Waals surface area contributed by atoms with E-state index in [1.54, 1.807) is 22.7 Å². The number of hydrogen-bond acceptors (Lipinski definition) is 2. The third-order valence-corrected chi connectivity index (χ3v) is 4.02. The number of fused-ring (bicyclic) bond motifs is 1. The van der Waals surface area contributed by atoms with E-state index >= 15 is 0 Å². The topological polar surface area (TPSA) is 46.4 Å². The molecule has 0 radical (unpaired) electrons. The Labute approximate surface area is 140 Å². The van der Waals surface area contributed by atoms with E-state index in [2.05, 4.69) is 10.3 Å². The van der Waals surface area contributed by atoms with Crippen LogP contribution in [0.4, 0.5) is 0 Å². The van der Waals surface area contributed by atoms with Gasteiger partial charge in [-0.15, -0.1) is 0 Å². The Morgan fingerprint density at radius 3 is 2.70 bits per heavy atom. The zero-order valence-electron chi connectivity index (χ0n) is 13.1. The van der Waals surface area contributed by atoms with Gasteiger partial charge in [0.25, 0.3) is 5.91 Å². The number of nitrogens with one attached hydrogen (secondary N) is 1. The summed E-state index contributed by atoms with van der Waals surface area (Å²) in [6.45, 7) is 4.52. The molecule has 4 nitrogen and oxygen atoms in total. The zero-order valence-corrected chi connectivity index (χ0v) is 13.9. The Kier molecular flexibility index (Phi) is 4.35. The summed E-state index contributed by atoms with van der Waals surface area (Å²) in [5.74, 6) is -0.128. The first-order chi connectivity index (χ1) is 11.1. The van der Waals surface area contributed by atoms with Crippen LogP contribution in [0.5, 0.6) is 0 Å². The average Bonchev–Trinajstić information content (AvgIpc) is 2.91. The molecular weight excluding hydrogens is 310 g/mol. The molecule has 1 amide bonds. The lowest BCUT2D eigenvalue weighted by molar-refractivity contribution is 0.0944. The van der Waals surface area contributed by atoms with Gasteiger partial charge in [0, 0.05) is 23.8 Å². The Morgan fingerprint density at radius 2 is 2.00 bits per heavy atom. The molecule has 3 rings (SSSR count). The van der Waals surface area contributed by atoms with Gasteiger partial charge in [-0.05, 0) is 25.0 Å². The number of imidazole rings is 1. The van der Waals surface area contributed by atoms with Crippen molar-refractivity contribution in [3.05, 3.63) is 70.1 Å². The number of pyridine rings is 1. The number of rotatable bonds is 4. The SMILES string of the molecule is CCc1nc2cc(Cl)ccn2c1C(=O)NCc1ccc(C)cc1. The van der Waals surface area contributed by atoms with Crippen molar-refractivity contribution >= 4 is 23.2 Å². The highest BCUT2D eigenvalue weighted by atomic mass is 35.5. The van der Waals surface area contributed by atoms with Crippen molar-refractivity contribution < 1.29 is 4.79 Å². The molecule has 0 aliphatic heterocycles. The minimum absolute atomic E-state index is 0.128. The van der Waals surface area contributed by atoms with E-state index in [0.717, 1.165) is 11.3 Å². The van der Waals surface area contributed by atoms with E-state index in [1.165, 1.54) is 5.56 Å². The normalized spacial score (nSPS) is 10.9. The Balaban J connectivity index is 1.86. The predicted molar refractivity (Wildman–Crippen MR) is 91.9 cm³/mol. The van der Waals surface area contributed by atoms with Gasteiger partial charge in [0.05, 0.1) is 5.69 Å². The van der Waals surface area contributed by atoms with Crippen LogP contribution in [-0.4, -0.2) is 15.3 Å². The number of benzene rings is 1. The molecule has 0 aliphatic carbocycles. The van der Waals surface area contributed by atoms with Crippen LogP contribution in [0, 0.1) is 6.92 Å². The highest BCUT2D eigenvalue weighted by Crippen LogP contribution is 2.17. The summed E-state index contributed by atoms with van der Waals surface area (Å²) >= 11 is 6.00. The Bertz CT molecular complexity index is 853. The first kappa shape index (κ1) is 15.6. The van der Waals surface area contributed by atoms with Gasteiger partial charge in [0.2, 0.25) is 0 Å². The van der Waals surface area contributed by atoms with E-state index in [1.807, 2.05) is 38.1 Å². The van der Waals surface area contributed by atoms with Crippen LogP contribution in [0.15, 0.2) is 42.6 Å². The fourth-order valence-electron chi connectivity index (χ4n) is 2.53. The fraction of sp³-hybridized carbons (Fsp3) is 0.222. The van der Waals surface area contributed by atoms with Crippen molar-refractivity contribution in [1.82, 2.24) is 14.7 Å². The maximum absolute atomic E-state index is 12.6. The van der Waals surface area contributed by atoms with Crippen molar-refractivity contribution in [1.29, 1.82) is 0 Å². The van der Waals surface area contributed by atoms with Crippen molar-refractivity contribution in [3.8, 4) is 0 Å². The largest absolute Gasteiger partial charge is 0.347 e. The molecule has 23 heavy (non-hydrogen) atoms. The summed E-state index contributed by atoms with van der Waals surface area (Å²) in [6.07, 6.45) is 2.47. The minimum atomic E-state index is -0.128. The summed E-state index contributed by atoms with van der Waals surface area (Å²) in [5, 5.41) is 3.58. The summed E-state index contributed by atoms with van der Waals surface area (Å²) in [4.78, 5) is 17.1. The molecule has 0 bridgehead atoms. The van der Waals surface area contributed by atoms with Crippen molar-refractivity contribution in [3.63, 3.8) is 0 Å². The standard InChI is InChI=1S/C18H18ClN3O/c1-3-15-17(22-9-8-14(19)10-16(22)21-15)18(23)20-11-13-6-4-12(2)5-7-13/h4-10H,3,11H2,1-2H3,(H,20,23). The second kappa shape index (κ2) is 6.42. The summed E-state index contributed by atoms with van der Waals surface area (Å²) in [6, 6.07) is 11.6. The van der Waals surface area contributed by atoms with E-state index in [9.17, 15) is 4.79 Å². The summed E-state index contributed by atoms with van der Waals surface area (Å²) < 4.78 is 1.79. The first-order valence-electron chi connectivity index (χ1n) is 7.58. The summed E-state index contributed by atoms with van der Waals surface area (Å²) in [7, 11) is 0. The maximum Gasteiger partial charge on any atom is 0.270 e. The third-order valence-electron chi connectivity index (χ3n) is 3.78. The molecule has 2 aromatic heterocycles. The third kappa shape index (κ3) is 3.22. The Hall–Kier alpha value is -2.33. The number of nitrogens with zero attached hydrogens (tertiary/aromatic N) is 2. The minimum Gasteiger partial charge on any atom is -0.347 e. The lowest BCUT2D eigenvalue weighted by atomic mass is 10.1. The molecule has 1 aromatic carbocycles. The van der Waals surface area contributed by atoms with Crippen LogP contribution in [0.25, 0.3) is 5.65 Å². The van der Waals surface area contributed by atoms with Crippen molar-refractivity contribution in [2.75, 3.05) is 0 Å². The van der Waals surface area contributed by atoms with Crippen LogP contribution >= 0.6 is 11.6 Å². The van der Waals surface area contributed by atoms with Crippen molar-refractivity contribution in [2.45, 2.75) is 26.8 Å².